The first kappa shape index (κ1) is 29.6. The molecule has 0 bridgehead atoms. The number of thioether (sulfide) groups is 1. The Balaban J connectivity index is 1.58. The van der Waals surface area contributed by atoms with E-state index in [4.69, 9.17) is 20.5 Å². The van der Waals surface area contributed by atoms with Gasteiger partial charge in [-0.2, -0.15) is 8.42 Å². The van der Waals surface area contributed by atoms with Crippen LogP contribution >= 0.6 is 23.4 Å². The lowest BCUT2D eigenvalue weighted by atomic mass is 10.1. The number of nitrogens with zero attached hydrogens (tertiary/aromatic N) is 2. The van der Waals surface area contributed by atoms with Crippen molar-refractivity contribution in [3.63, 3.8) is 0 Å². The molecule has 3 aromatic carbocycles. The van der Waals surface area contributed by atoms with Gasteiger partial charge in [-0.3, -0.25) is 29.4 Å². The van der Waals surface area contributed by atoms with Gasteiger partial charge in [0.2, 0.25) is 11.7 Å². The first-order valence-electron chi connectivity index (χ1n) is 11.6. The molecule has 41 heavy (non-hydrogen) atoms. The molecule has 0 aliphatic carbocycles. The van der Waals surface area contributed by atoms with Gasteiger partial charge in [0.15, 0.2) is 5.75 Å². The Bertz CT molecular complexity index is 1710. The fourth-order valence-corrected chi connectivity index (χ4v) is 5.85. The van der Waals surface area contributed by atoms with Crippen molar-refractivity contribution >= 4 is 68.0 Å². The second-order valence-corrected chi connectivity index (χ2v) is 11.4. The van der Waals surface area contributed by atoms with Crippen LogP contribution in [0.25, 0.3) is 6.08 Å². The van der Waals surface area contributed by atoms with Gasteiger partial charge < -0.3 is 14.2 Å². The second-order valence-electron chi connectivity index (χ2n) is 8.43. The molecule has 0 radical (unpaired) electrons. The van der Waals surface area contributed by atoms with E-state index in [0.29, 0.717) is 23.0 Å². The van der Waals surface area contributed by atoms with Gasteiger partial charge in [0.25, 0.3) is 16.8 Å². The van der Waals surface area contributed by atoms with Gasteiger partial charge in [0, 0.05) is 24.2 Å². The summed E-state index contributed by atoms with van der Waals surface area (Å²) in [5.74, 6) is -1.36. The number of nitrogens with one attached hydrogen (secondary N) is 1. The lowest BCUT2D eigenvalue weighted by Gasteiger charge is -2.14. The molecule has 212 valence electrons. The van der Waals surface area contributed by atoms with Crippen LogP contribution in [-0.4, -0.2) is 42.4 Å². The molecule has 15 heteroatoms. The Morgan fingerprint density at radius 2 is 1.83 bits per heavy atom. The summed E-state index contributed by atoms with van der Waals surface area (Å²) in [6.45, 7) is 1.02. The van der Waals surface area contributed by atoms with E-state index in [1.165, 1.54) is 74.7 Å². The molecule has 1 saturated heterocycles. The zero-order chi connectivity index (χ0) is 29.9. The third-order valence-electron chi connectivity index (χ3n) is 5.60. The van der Waals surface area contributed by atoms with Crippen LogP contribution in [0.15, 0.2) is 70.5 Å². The third-order valence-corrected chi connectivity index (χ3v) is 8.02. The third kappa shape index (κ3) is 6.67. The van der Waals surface area contributed by atoms with Crippen molar-refractivity contribution < 1.29 is 36.6 Å². The van der Waals surface area contributed by atoms with Crippen LogP contribution in [0.4, 0.5) is 16.2 Å². The number of rotatable bonds is 9. The summed E-state index contributed by atoms with van der Waals surface area (Å²) in [7, 11) is -3.10. The molecule has 1 aliphatic heterocycles. The molecule has 1 N–H and O–H groups in total. The molecular weight excluding hydrogens is 598 g/mol. The van der Waals surface area contributed by atoms with Gasteiger partial charge in [-0.1, -0.05) is 29.8 Å². The second kappa shape index (κ2) is 12.0. The smallest absolute Gasteiger partial charge is 0.339 e. The zero-order valence-corrected chi connectivity index (χ0v) is 23.7. The van der Waals surface area contributed by atoms with E-state index in [1.54, 1.807) is 6.07 Å². The number of nitro groups is 1. The molecule has 4 rings (SSSR count). The number of nitro benzene ring substituents is 1. The number of anilines is 1. The monoisotopic (exact) mass is 617 g/mol. The standard InChI is InChI=1S/C26H20ClN3O9S2/c1-15(31)28-18-7-9-19(10-8-18)41(36,37)39-24-20(27)11-16(12-22(24)38-2)13-23-25(32)29(26(33)40-23)14-17-5-3-4-6-21(17)30(34)35/h3-13H,14H2,1-2H3,(H,28,31)/b23-13-. The van der Waals surface area contributed by atoms with Gasteiger partial charge in [-0.15, -0.1) is 0 Å². The average molecular weight is 618 g/mol. The molecule has 0 aromatic heterocycles. The number of carbonyl (C=O) groups excluding carboxylic acids is 3. The minimum atomic E-state index is -4.36. The average Bonchev–Trinajstić information content (AvgIpc) is 3.17. The number of methoxy groups -OCH3 is 1. The predicted molar refractivity (Wildman–Crippen MR) is 151 cm³/mol. The van der Waals surface area contributed by atoms with Gasteiger partial charge in [-0.05, 0) is 59.8 Å². The van der Waals surface area contributed by atoms with E-state index < -0.39 is 26.2 Å². The lowest BCUT2D eigenvalue weighted by molar-refractivity contribution is -0.385. The number of benzene rings is 3. The van der Waals surface area contributed by atoms with Gasteiger partial charge in [-0.25, -0.2) is 0 Å². The van der Waals surface area contributed by atoms with E-state index in [2.05, 4.69) is 5.32 Å². The van der Waals surface area contributed by atoms with E-state index in [0.717, 1.165) is 4.90 Å². The van der Waals surface area contributed by atoms with Crippen LogP contribution in [0.1, 0.15) is 18.1 Å². The van der Waals surface area contributed by atoms with Gasteiger partial charge >= 0.3 is 10.1 Å². The number of amides is 3. The quantitative estimate of drug-likeness (QED) is 0.146. The fraction of sp³-hybridized carbons (Fsp3) is 0.115. The molecule has 1 fully saturated rings. The zero-order valence-electron chi connectivity index (χ0n) is 21.3. The van der Waals surface area contributed by atoms with Gasteiger partial charge in [0.1, 0.15) is 4.90 Å². The van der Waals surface area contributed by atoms with Crippen molar-refractivity contribution in [2.45, 2.75) is 18.4 Å². The van der Waals surface area contributed by atoms with Crippen molar-refractivity contribution in [3.8, 4) is 11.5 Å². The van der Waals surface area contributed by atoms with Crippen LogP contribution in [-0.2, 0) is 26.3 Å². The summed E-state index contributed by atoms with van der Waals surface area (Å²) >= 11 is 6.98. The molecule has 0 saturated carbocycles. The highest BCUT2D eigenvalue weighted by Gasteiger charge is 2.36. The molecule has 0 atom stereocenters. The topological polar surface area (TPSA) is 162 Å². The van der Waals surface area contributed by atoms with Crippen molar-refractivity contribution in [3.05, 3.63) is 91.8 Å². The molecule has 3 aromatic rings. The van der Waals surface area contributed by atoms with E-state index in [9.17, 15) is 32.9 Å². The first-order chi connectivity index (χ1) is 19.4. The predicted octanol–water partition coefficient (Wildman–Crippen LogP) is 5.22. The largest absolute Gasteiger partial charge is 0.493 e. The number of imide groups is 1. The Hall–Kier alpha value is -4.40. The summed E-state index contributed by atoms with van der Waals surface area (Å²) < 4.78 is 36.3. The Morgan fingerprint density at radius 1 is 1.15 bits per heavy atom. The summed E-state index contributed by atoms with van der Waals surface area (Å²) in [6, 6.07) is 13.8. The maximum absolute atomic E-state index is 13.0. The van der Waals surface area contributed by atoms with Crippen molar-refractivity contribution in [1.82, 2.24) is 4.90 Å². The summed E-state index contributed by atoms with van der Waals surface area (Å²) in [6.07, 6.45) is 1.36. The fourth-order valence-electron chi connectivity index (χ4n) is 3.75. The van der Waals surface area contributed by atoms with E-state index in [1.807, 2.05) is 0 Å². The summed E-state index contributed by atoms with van der Waals surface area (Å²) in [5, 5.41) is 13.1. The highest BCUT2D eigenvalue weighted by molar-refractivity contribution is 8.18. The molecule has 12 nitrogen and oxygen atoms in total. The number of ether oxygens (including phenoxy) is 1. The Morgan fingerprint density at radius 3 is 2.46 bits per heavy atom. The maximum atomic E-state index is 13.0. The number of para-hydroxylation sites is 1. The number of carbonyl (C=O) groups is 3. The van der Waals surface area contributed by atoms with Crippen LogP contribution < -0.4 is 14.2 Å². The molecular formula is C26H20ClN3O9S2. The van der Waals surface area contributed by atoms with Crippen LogP contribution in [0.3, 0.4) is 0 Å². The first-order valence-corrected chi connectivity index (χ1v) is 14.2. The summed E-state index contributed by atoms with van der Waals surface area (Å²) in [5.41, 5.74) is 0.662. The van der Waals surface area contributed by atoms with E-state index in [-0.39, 0.29) is 50.0 Å². The number of hydrogen-bond donors (Lipinski definition) is 1. The molecule has 3 amide bonds. The SMILES string of the molecule is COc1cc(/C=C2\SC(=O)N(Cc3ccccc3[N+](=O)[O-])C2=O)cc(Cl)c1OS(=O)(=O)c1ccc(NC(C)=O)cc1. The van der Waals surface area contributed by atoms with E-state index >= 15 is 0 Å². The summed E-state index contributed by atoms with van der Waals surface area (Å²) in [4.78, 5) is 48.2. The highest BCUT2D eigenvalue weighted by atomic mass is 35.5. The van der Waals surface area contributed by atoms with Crippen LogP contribution in [0.5, 0.6) is 11.5 Å². The van der Waals surface area contributed by atoms with Crippen molar-refractivity contribution in [2.24, 2.45) is 0 Å². The van der Waals surface area contributed by atoms with Gasteiger partial charge in [0.05, 0.1) is 28.5 Å². The Labute approximate surface area is 243 Å². The minimum absolute atomic E-state index is 0.0206. The normalized spacial score (nSPS) is 14.3. The van der Waals surface area contributed by atoms with Crippen LogP contribution in [0, 0.1) is 10.1 Å². The molecule has 1 aliphatic rings. The highest BCUT2D eigenvalue weighted by Crippen LogP contribution is 2.40. The molecule has 0 unspecified atom stereocenters. The number of halogens is 1. The maximum Gasteiger partial charge on any atom is 0.339 e. The van der Waals surface area contributed by atoms with Crippen molar-refractivity contribution in [1.29, 1.82) is 0 Å². The van der Waals surface area contributed by atoms with Crippen LogP contribution in [0.2, 0.25) is 5.02 Å². The molecule has 0 spiro atoms. The Kier molecular flexibility index (Phi) is 8.66. The lowest BCUT2D eigenvalue weighted by Crippen LogP contribution is -2.27. The molecule has 1 heterocycles. The van der Waals surface area contributed by atoms with Crippen molar-refractivity contribution in [2.75, 3.05) is 12.4 Å². The minimum Gasteiger partial charge on any atom is -0.493 e. The number of hydrogen-bond acceptors (Lipinski definition) is 10.